The Bertz CT molecular complexity index is 1770. The second-order valence-electron chi connectivity index (χ2n) is 10.4. The van der Waals surface area contributed by atoms with Crippen LogP contribution in [-0.4, -0.2) is 95.7 Å². The van der Waals surface area contributed by atoms with Crippen LogP contribution < -0.4 is 5.73 Å². The maximum Gasteiger partial charge on any atom is 0.472 e. The number of rotatable bonds is 2. The van der Waals surface area contributed by atoms with E-state index in [2.05, 4.69) is 15.0 Å². The Balaban J connectivity index is 1.16. The van der Waals surface area contributed by atoms with Crippen LogP contribution >= 0.6 is 15.4 Å². The van der Waals surface area contributed by atoms with Crippen molar-refractivity contribution < 1.29 is 51.8 Å². The van der Waals surface area contributed by atoms with E-state index >= 15 is 0 Å². The van der Waals surface area contributed by atoms with Crippen molar-refractivity contribution in [2.45, 2.75) is 49.1 Å². The number of hydrogen-bond donors (Lipinski definition) is 4. The Kier molecular flexibility index (Phi) is 7.19. The molecule has 10 atom stereocenters. The molecule has 0 radical (unpaired) electrons. The number of aliphatic hydroxyl groups excluding tert-OH is 2. The second-order valence-corrected chi connectivity index (χ2v) is 13.9. The number of nitrogens with two attached hydrogens (primary N) is 1. The van der Waals surface area contributed by atoms with Gasteiger partial charge in [-0.3, -0.25) is 22.7 Å². The Hall–Kier alpha value is -2.79. The predicted molar refractivity (Wildman–Crippen MR) is 147 cm³/mol. The molecule has 1 aromatic carbocycles. The van der Waals surface area contributed by atoms with Crippen molar-refractivity contribution in [3.63, 3.8) is 0 Å². The van der Waals surface area contributed by atoms with Crippen LogP contribution in [0.5, 0.6) is 0 Å². The fourth-order valence-corrected chi connectivity index (χ4v) is 7.71. The van der Waals surface area contributed by atoms with E-state index in [0.717, 1.165) is 0 Å². The van der Waals surface area contributed by atoms with E-state index in [-0.39, 0.29) is 0 Å². The van der Waals surface area contributed by atoms with Crippen LogP contribution in [0.1, 0.15) is 12.5 Å². The number of phosphoric acid groups is 1. The number of aromatic nitrogens is 5. The highest BCUT2D eigenvalue weighted by molar-refractivity contribution is 7.53. The van der Waals surface area contributed by atoms with E-state index in [1.54, 1.807) is 34.9 Å². The molecule has 4 unspecified atom stereocenters. The van der Waals surface area contributed by atoms with Gasteiger partial charge in [0.2, 0.25) is 0 Å². The van der Waals surface area contributed by atoms with Crippen molar-refractivity contribution >= 4 is 43.3 Å². The third kappa shape index (κ3) is 5.20. The monoisotopic (exact) mass is 638 g/mol. The maximum absolute atomic E-state index is 13.5. The Morgan fingerprint density at radius 1 is 0.884 bits per heavy atom. The molecule has 3 saturated heterocycles. The number of fused-ring (bicyclic) bond motifs is 4. The van der Waals surface area contributed by atoms with Gasteiger partial charge in [-0.2, -0.15) is 0 Å². The van der Waals surface area contributed by atoms with Crippen molar-refractivity contribution in [2.75, 3.05) is 25.6 Å². The van der Waals surface area contributed by atoms with Gasteiger partial charge in [0.1, 0.15) is 42.1 Å². The molecule has 6 heterocycles. The van der Waals surface area contributed by atoms with Crippen LogP contribution in [0.2, 0.25) is 0 Å². The standard InChI is InChI=1S/C24H28N6O11P2/c1-42(33)36-8-15-21(19(32)23(38-15)29-10-27-13-4-2-3-5-14(13)29)41-43(34,35)37-9-16-20(40-42)18(31)24(39-16)30-11-28-17-12(25)6-7-26-22(17)30/h2-7,10-11,15-16,18-21,23-24,31-32H,8-9H2,1H3,(H2,25,26)(H,34,35)/t15-,16-,18?,19?,20+,21+,23-,24-,42?/m1/s1. The highest BCUT2D eigenvalue weighted by atomic mass is 31.2. The molecular weight excluding hydrogens is 610 g/mol. The first kappa shape index (κ1) is 29.0. The quantitative estimate of drug-likeness (QED) is 0.227. The SMILES string of the molecule is CP1(=O)OC[C@H]2O[C@@H](n3cnc4ccccc43)C(O)[C@H]2OP(=O)(O)OC[C@H]2O[C@@H](n3cnc4c(N)ccnc43)C(O)[C@H]2O1. The summed E-state index contributed by atoms with van der Waals surface area (Å²) in [6.45, 7) is 0.106. The largest absolute Gasteiger partial charge is 0.472 e. The summed E-state index contributed by atoms with van der Waals surface area (Å²) in [6.07, 6.45) is -6.10. The summed E-state index contributed by atoms with van der Waals surface area (Å²) in [7, 11) is -8.83. The van der Waals surface area contributed by atoms with Gasteiger partial charge in [-0.15, -0.1) is 0 Å². The van der Waals surface area contributed by atoms with E-state index in [0.29, 0.717) is 27.9 Å². The Morgan fingerprint density at radius 3 is 2.30 bits per heavy atom. The zero-order valence-corrected chi connectivity index (χ0v) is 24.3. The van der Waals surface area contributed by atoms with Gasteiger partial charge in [-0.1, -0.05) is 12.1 Å². The van der Waals surface area contributed by atoms with Crippen LogP contribution in [0.4, 0.5) is 5.69 Å². The van der Waals surface area contributed by atoms with Crippen molar-refractivity contribution in [1.82, 2.24) is 24.1 Å². The van der Waals surface area contributed by atoms with Gasteiger partial charge in [0.15, 0.2) is 18.1 Å². The molecule has 3 aliphatic rings. The van der Waals surface area contributed by atoms with E-state index in [9.17, 15) is 24.2 Å². The summed E-state index contributed by atoms with van der Waals surface area (Å²) >= 11 is 0. The van der Waals surface area contributed by atoms with Crippen molar-refractivity contribution in [3.8, 4) is 0 Å². The van der Waals surface area contributed by atoms with Gasteiger partial charge >= 0.3 is 15.4 Å². The van der Waals surface area contributed by atoms with Crippen LogP contribution in [0, 0.1) is 0 Å². The number of para-hydroxylation sites is 2. The molecule has 3 aromatic heterocycles. The molecule has 7 rings (SSSR count). The molecule has 0 spiro atoms. The summed E-state index contributed by atoms with van der Waals surface area (Å²) in [4.78, 5) is 23.4. The lowest BCUT2D eigenvalue weighted by atomic mass is 10.1. The first-order chi connectivity index (χ1) is 20.5. The van der Waals surface area contributed by atoms with Gasteiger partial charge in [-0.25, -0.2) is 19.5 Å². The minimum Gasteiger partial charge on any atom is -0.397 e. The summed E-state index contributed by atoms with van der Waals surface area (Å²) in [6, 6.07) is 8.69. The number of benzene rings is 1. The number of pyridine rings is 1. The highest BCUT2D eigenvalue weighted by Crippen LogP contribution is 2.54. The topological polar surface area (TPSA) is 225 Å². The van der Waals surface area contributed by atoms with Gasteiger partial charge in [0, 0.05) is 12.9 Å². The molecule has 230 valence electrons. The number of nitrogens with zero attached hydrogens (tertiary/aromatic N) is 5. The number of imidazole rings is 2. The summed E-state index contributed by atoms with van der Waals surface area (Å²) < 4.78 is 63.6. The minimum absolute atomic E-state index is 0.300. The van der Waals surface area contributed by atoms with Gasteiger partial charge in [-0.05, 0) is 18.2 Å². The lowest BCUT2D eigenvalue weighted by Crippen LogP contribution is -2.39. The van der Waals surface area contributed by atoms with Crippen LogP contribution in [0.25, 0.3) is 22.2 Å². The van der Waals surface area contributed by atoms with Crippen molar-refractivity contribution in [2.24, 2.45) is 0 Å². The molecule has 5 N–H and O–H groups in total. The lowest BCUT2D eigenvalue weighted by molar-refractivity contribution is -0.0621. The number of nitrogen functional groups attached to an aromatic ring is 1. The third-order valence-electron chi connectivity index (χ3n) is 7.58. The van der Waals surface area contributed by atoms with Crippen molar-refractivity contribution in [1.29, 1.82) is 0 Å². The number of aliphatic hydroxyl groups is 2. The number of ether oxygens (including phenoxy) is 2. The van der Waals surface area contributed by atoms with E-state index in [1.807, 2.05) is 0 Å². The zero-order valence-electron chi connectivity index (χ0n) is 22.5. The first-order valence-corrected chi connectivity index (χ1v) is 16.7. The van der Waals surface area contributed by atoms with Gasteiger partial charge in [0.05, 0.1) is 42.6 Å². The number of hydrogen-bond acceptors (Lipinski definition) is 14. The Labute approximate surface area is 243 Å². The molecule has 17 nitrogen and oxygen atoms in total. The maximum atomic E-state index is 13.5. The molecule has 4 aromatic rings. The fourth-order valence-electron chi connectivity index (χ4n) is 5.56. The third-order valence-corrected chi connectivity index (χ3v) is 9.81. The van der Waals surface area contributed by atoms with Gasteiger partial charge < -0.3 is 39.4 Å². The number of phosphoric ester groups is 1. The summed E-state index contributed by atoms with van der Waals surface area (Å²) in [5.74, 6) is 0. The smallest absolute Gasteiger partial charge is 0.397 e. The average molecular weight is 638 g/mol. The normalized spacial score (nSPS) is 38.9. The van der Waals surface area contributed by atoms with Crippen molar-refractivity contribution in [3.05, 3.63) is 49.2 Å². The molecule has 3 aliphatic heterocycles. The van der Waals surface area contributed by atoms with E-state index < -0.39 is 77.7 Å². The fraction of sp³-hybridized carbons (Fsp3) is 0.458. The highest BCUT2D eigenvalue weighted by Gasteiger charge is 2.53. The van der Waals surface area contributed by atoms with Crippen LogP contribution in [0.15, 0.2) is 49.2 Å². The minimum atomic E-state index is -4.88. The second kappa shape index (κ2) is 10.7. The lowest BCUT2D eigenvalue weighted by Gasteiger charge is -2.28. The molecule has 0 amide bonds. The summed E-state index contributed by atoms with van der Waals surface area (Å²) in [5.41, 5.74) is 8.26. The summed E-state index contributed by atoms with van der Waals surface area (Å²) in [5, 5.41) is 22.4. The molecule has 0 saturated carbocycles. The molecule has 0 bridgehead atoms. The van der Waals surface area contributed by atoms with Gasteiger partial charge in [0.25, 0.3) is 0 Å². The predicted octanol–water partition coefficient (Wildman–Crippen LogP) is 1.32. The first-order valence-electron chi connectivity index (χ1n) is 13.2. The van der Waals surface area contributed by atoms with E-state index in [4.69, 9.17) is 33.3 Å². The van der Waals surface area contributed by atoms with Crippen LogP contribution in [0.3, 0.4) is 0 Å². The number of anilines is 1. The molecule has 3 fully saturated rings. The molecule has 0 aliphatic carbocycles. The molecule has 19 heteroatoms. The molecule has 43 heavy (non-hydrogen) atoms. The Morgan fingerprint density at radius 2 is 1.53 bits per heavy atom. The molecular formula is C24H28N6O11P2. The average Bonchev–Trinajstić information content (AvgIpc) is 3.72. The van der Waals surface area contributed by atoms with Crippen LogP contribution in [-0.2, 0) is 36.7 Å². The van der Waals surface area contributed by atoms with E-state index in [1.165, 1.54) is 30.1 Å². The zero-order chi connectivity index (χ0) is 30.1.